The molecule has 9 nitrogen and oxygen atoms in total. The number of nitrogens with zero attached hydrogens (tertiary/aromatic N) is 2. The first-order chi connectivity index (χ1) is 13.2. The molecule has 3 rings (SSSR count). The van der Waals surface area contributed by atoms with Crippen molar-refractivity contribution in [3.05, 3.63) is 29.8 Å². The molecular formula is C18H23N3O6S. The number of piperazine rings is 1. The summed E-state index contributed by atoms with van der Waals surface area (Å²) in [6.07, 6.45) is 1.08. The Morgan fingerprint density at radius 1 is 1.25 bits per heavy atom. The fourth-order valence-electron chi connectivity index (χ4n) is 4.15. The van der Waals surface area contributed by atoms with Crippen molar-refractivity contribution < 1.29 is 27.5 Å². The highest BCUT2D eigenvalue weighted by molar-refractivity contribution is 7.89. The monoisotopic (exact) mass is 409 g/mol. The largest absolute Gasteiger partial charge is 0.469 e. The number of amides is 2. The summed E-state index contributed by atoms with van der Waals surface area (Å²) < 4.78 is 27.6. The third-order valence-electron chi connectivity index (χ3n) is 5.43. The smallest absolute Gasteiger partial charge is 0.310 e. The lowest BCUT2D eigenvalue weighted by Crippen LogP contribution is -2.57. The topological polar surface area (TPSA) is 127 Å². The quantitative estimate of drug-likeness (QED) is 0.695. The Hall–Kier alpha value is -2.46. The number of benzene rings is 1. The van der Waals surface area contributed by atoms with E-state index in [1.54, 1.807) is 4.90 Å². The number of ether oxygens (including phenoxy) is 1. The number of methoxy groups -OCH3 is 1. The zero-order valence-corrected chi connectivity index (χ0v) is 16.5. The van der Waals surface area contributed by atoms with Crippen LogP contribution in [0.1, 0.15) is 30.1 Å². The van der Waals surface area contributed by atoms with Crippen molar-refractivity contribution in [2.45, 2.75) is 36.7 Å². The molecule has 28 heavy (non-hydrogen) atoms. The van der Waals surface area contributed by atoms with Crippen molar-refractivity contribution in [1.29, 1.82) is 0 Å². The van der Waals surface area contributed by atoms with Crippen molar-refractivity contribution in [2.24, 2.45) is 11.1 Å². The third kappa shape index (κ3) is 3.61. The molecule has 2 heterocycles. The minimum absolute atomic E-state index is 0.0866. The van der Waals surface area contributed by atoms with Crippen LogP contribution in [0.3, 0.4) is 0 Å². The Balaban J connectivity index is 1.79. The molecule has 1 aromatic rings. The van der Waals surface area contributed by atoms with Crippen LogP contribution < -0.4 is 5.14 Å². The predicted octanol–water partition coefficient (Wildman–Crippen LogP) is -0.0415. The molecule has 2 saturated heterocycles. The average molecular weight is 409 g/mol. The van der Waals surface area contributed by atoms with E-state index in [0.717, 1.165) is 0 Å². The molecule has 0 radical (unpaired) electrons. The lowest BCUT2D eigenvalue weighted by Gasteiger charge is -2.39. The Kier molecular flexibility index (Phi) is 5.44. The SMILES string of the molecule is CC[C@H]1[C@@H](C(=O)OC)C[C@H]2CN(C(=O)c3ccc(S(N)(=O)=O)cc3)CC(=O)N21. The van der Waals surface area contributed by atoms with Crippen LogP contribution >= 0.6 is 0 Å². The van der Waals surface area contributed by atoms with Gasteiger partial charge in [-0.1, -0.05) is 6.92 Å². The van der Waals surface area contributed by atoms with Gasteiger partial charge in [0.1, 0.15) is 6.54 Å². The van der Waals surface area contributed by atoms with Gasteiger partial charge in [0, 0.05) is 18.2 Å². The van der Waals surface area contributed by atoms with Crippen LogP contribution in [0.5, 0.6) is 0 Å². The summed E-state index contributed by atoms with van der Waals surface area (Å²) >= 11 is 0. The third-order valence-corrected chi connectivity index (χ3v) is 6.35. The number of primary sulfonamides is 1. The van der Waals surface area contributed by atoms with Crippen LogP contribution in [0.25, 0.3) is 0 Å². The van der Waals surface area contributed by atoms with Gasteiger partial charge in [0.15, 0.2) is 0 Å². The standard InChI is InChI=1S/C18H23N3O6S/c1-3-15-14(18(24)27-2)8-12-9-20(10-16(22)21(12)15)17(23)11-4-6-13(7-5-11)28(19,25)26/h4-7,12,14-15H,3,8-10H2,1-2H3,(H2,19,25,26)/t12-,14-,15-/m0/s1. The van der Waals surface area contributed by atoms with Crippen LogP contribution in [0.4, 0.5) is 0 Å². The van der Waals surface area contributed by atoms with Gasteiger partial charge >= 0.3 is 5.97 Å². The first kappa shape index (κ1) is 20.3. The van der Waals surface area contributed by atoms with E-state index >= 15 is 0 Å². The van der Waals surface area contributed by atoms with Gasteiger partial charge in [0.2, 0.25) is 15.9 Å². The summed E-state index contributed by atoms with van der Waals surface area (Å²) in [5.41, 5.74) is 0.267. The number of fused-ring (bicyclic) bond motifs is 1. The average Bonchev–Trinajstić information content (AvgIpc) is 3.05. The Bertz CT molecular complexity index is 898. The first-order valence-electron chi connectivity index (χ1n) is 8.98. The number of hydrogen-bond acceptors (Lipinski definition) is 6. The van der Waals surface area contributed by atoms with Crippen molar-refractivity contribution in [1.82, 2.24) is 9.80 Å². The zero-order chi connectivity index (χ0) is 20.6. The molecule has 0 aliphatic carbocycles. The molecule has 0 spiro atoms. The van der Waals surface area contributed by atoms with Crippen LogP contribution in [-0.2, 0) is 24.3 Å². The van der Waals surface area contributed by atoms with Crippen LogP contribution in [0, 0.1) is 5.92 Å². The molecule has 1 aromatic carbocycles. The molecule has 0 bridgehead atoms. The Morgan fingerprint density at radius 2 is 1.89 bits per heavy atom. The van der Waals surface area contributed by atoms with E-state index in [9.17, 15) is 22.8 Å². The normalized spacial score (nSPS) is 24.8. The lowest BCUT2D eigenvalue weighted by atomic mass is 9.97. The van der Waals surface area contributed by atoms with Gasteiger partial charge in [-0.25, -0.2) is 13.6 Å². The lowest BCUT2D eigenvalue weighted by molar-refractivity contribution is -0.147. The molecule has 2 aliphatic heterocycles. The number of esters is 1. The van der Waals surface area contributed by atoms with E-state index in [-0.39, 0.29) is 46.9 Å². The second-order valence-electron chi connectivity index (χ2n) is 7.05. The Labute approximate surface area is 163 Å². The first-order valence-corrected chi connectivity index (χ1v) is 10.5. The predicted molar refractivity (Wildman–Crippen MR) is 98.6 cm³/mol. The highest BCUT2D eigenvalue weighted by Crippen LogP contribution is 2.35. The molecule has 0 unspecified atom stereocenters. The molecule has 0 saturated carbocycles. The summed E-state index contributed by atoms with van der Waals surface area (Å²) in [6, 6.07) is 4.80. The van der Waals surface area contributed by atoms with Crippen molar-refractivity contribution in [3.8, 4) is 0 Å². The van der Waals surface area contributed by atoms with Gasteiger partial charge in [0.05, 0.1) is 24.0 Å². The fourth-order valence-corrected chi connectivity index (χ4v) is 4.67. The number of hydrogen-bond donors (Lipinski definition) is 1. The fraction of sp³-hybridized carbons (Fsp3) is 0.500. The highest BCUT2D eigenvalue weighted by Gasteiger charge is 2.49. The van der Waals surface area contributed by atoms with Crippen molar-refractivity contribution in [3.63, 3.8) is 0 Å². The zero-order valence-electron chi connectivity index (χ0n) is 15.7. The van der Waals surface area contributed by atoms with Gasteiger partial charge < -0.3 is 14.5 Å². The number of nitrogens with two attached hydrogens (primary N) is 1. The minimum atomic E-state index is -3.85. The molecule has 2 aliphatic rings. The summed E-state index contributed by atoms with van der Waals surface area (Å²) in [5, 5.41) is 5.07. The molecule has 2 fully saturated rings. The Morgan fingerprint density at radius 3 is 2.43 bits per heavy atom. The summed E-state index contributed by atoms with van der Waals surface area (Å²) in [6.45, 7) is 2.14. The molecule has 152 valence electrons. The second kappa shape index (κ2) is 7.51. The summed E-state index contributed by atoms with van der Waals surface area (Å²) in [4.78, 5) is 40.7. The number of carbonyl (C=O) groups is 3. The van der Waals surface area contributed by atoms with E-state index < -0.39 is 15.9 Å². The van der Waals surface area contributed by atoms with Gasteiger partial charge in [0.25, 0.3) is 5.91 Å². The molecule has 2 amide bonds. The van der Waals surface area contributed by atoms with Gasteiger partial charge in [-0.3, -0.25) is 14.4 Å². The van der Waals surface area contributed by atoms with Gasteiger partial charge in [-0.15, -0.1) is 0 Å². The molecule has 2 N–H and O–H groups in total. The number of rotatable bonds is 4. The molecule has 0 aromatic heterocycles. The van der Waals surface area contributed by atoms with E-state index in [1.165, 1.54) is 36.3 Å². The highest BCUT2D eigenvalue weighted by atomic mass is 32.2. The van der Waals surface area contributed by atoms with Gasteiger partial charge in [-0.05, 0) is 37.1 Å². The van der Waals surface area contributed by atoms with Crippen molar-refractivity contribution in [2.75, 3.05) is 20.2 Å². The van der Waals surface area contributed by atoms with Crippen LogP contribution in [-0.4, -0.2) is 68.3 Å². The maximum Gasteiger partial charge on any atom is 0.310 e. The number of sulfonamides is 1. The summed E-state index contributed by atoms with van der Waals surface area (Å²) in [7, 11) is -2.52. The maximum absolute atomic E-state index is 12.8. The van der Waals surface area contributed by atoms with Crippen LogP contribution in [0.15, 0.2) is 29.2 Å². The number of carbonyl (C=O) groups excluding carboxylic acids is 3. The molecule has 3 atom stereocenters. The molecular weight excluding hydrogens is 386 g/mol. The van der Waals surface area contributed by atoms with E-state index in [1.807, 2.05) is 6.92 Å². The maximum atomic E-state index is 12.8. The van der Waals surface area contributed by atoms with Gasteiger partial charge in [-0.2, -0.15) is 0 Å². The van der Waals surface area contributed by atoms with Crippen molar-refractivity contribution >= 4 is 27.8 Å². The summed E-state index contributed by atoms with van der Waals surface area (Å²) in [5.74, 6) is -1.31. The van der Waals surface area contributed by atoms with E-state index in [4.69, 9.17) is 9.88 Å². The van der Waals surface area contributed by atoms with E-state index in [2.05, 4.69) is 0 Å². The minimum Gasteiger partial charge on any atom is -0.469 e. The molecule has 10 heteroatoms. The van der Waals surface area contributed by atoms with E-state index in [0.29, 0.717) is 19.4 Å². The second-order valence-corrected chi connectivity index (χ2v) is 8.61. The van der Waals surface area contributed by atoms with Crippen LogP contribution in [0.2, 0.25) is 0 Å².